The molecule has 0 spiro atoms. The summed E-state index contributed by atoms with van der Waals surface area (Å²) in [7, 11) is 2.18. The number of benzene rings is 1. The van der Waals surface area contributed by atoms with Crippen LogP contribution in [-0.2, 0) is 6.42 Å². The van der Waals surface area contributed by atoms with Crippen molar-refractivity contribution in [2.24, 2.45) is 11.7 Å². The summed E-state index contributed by atoms with van der Waals surface area (Å²) >= 11 is 0. The Morgan fingerprint density at radius 2 is 2.00 bits per heavy atom. The highest BCUT2D eigenvalue weighted by molar-refractivity contribution is 5.81. The number of para-hydroxylation sites is 1. The summed E-state index contributed by atoms with van der Waals surface area (Å²) in [6, 6.07) is 10.6. The molecule has 0 radical (unpaired) electrons. The zero-order valence-corrected chi connectivity index (χ0v) is 12.9. The number of hydrogen-bond acceptors (Lipinski definition) is 3. The third-order valence-electron chi connectivity index (χ3n) is 4.56. The monoisotopic (exact) mass is 283 g/mol. The largest absolute Gasteiger partial charge is 0.359 e. The van der Waals surface area contributed by atoms with E-state index < -0.39 is 0 Å². The summed E-state index contributed by atoms with van der Waals surface area (Å²) in [5.41, 5.74) is 8.14. The quantitative estimate of drug-likeness (QED) is 0.915. The lowest BCUT2D eigenvalue weighted by molar-refractivity contribution is 0.544. The van der Waals surface area contributed by atoms with Crippen LogP contribution in [0.5, 0.6) is 0 Å². The highest BCUT2D eigenvalue weighted by atomic mass is 15.2. The summed E-state index contributed by atoms with van der Waals surface area (Å²) < 4.78 is 0. The molecule has 0 atom stereocenters. The third kappa shape index (κ3) is 3.18. The molecular formula is C18H25N3. The minimum absolute atomic E-state index is 0.671. The number of hydrogen-bond donors (Lipinski definition) is 1. The summed E-state index contributed by atoms with van der Waals surface area (Å²) in [5.74, 6) is 1.94. The van der Waals surface area contributed by atoms with Crippen LogP contribution in [0.15, 0.2) is 30.3 Å². The lowest BCUT2D eigenvalue weighted by Gasteiger charge is -2.25. The Kier molecular flexibility index (Phi) is 4.39. The Morgan fingerprint density at radius 3 is 2.76 bits per heavy atom. The summed E-state index contributed by atoms with van der Waals surface area (Å²) in [4.78, 5) is 7.25. The van der Waals surface area contributed by atoms with Crippen molar-refractivity contribution in [2.75, 3.05) is 25.0 Å². The molecule has 112 valence electrons. The first kappa shape index (κ1) is 14.3. The van der Waals surface area contributed by atoms with Crippen LogP contribution in [0.25, 0.3) is 10.9 Å². The standard InChI is InChI=1S/C18H25N3/c1-21(13-14-6-2-3-7-14)18-16(10-11-19)12-15-8-4-5-9-17(15)20-18/h4-5,8-9,12,14H,2-3,6-7,10-11,13,19H2,1H3. The van der Waals surface area contributed by atoms with Gasteiger partial charge in [-0.1, -0.05) is 31.0 Å². The average Bonchev–Trinajstić information content (AvgIpc) is 2.99. The Morgan fingerprint density at radius 1 is 1.24 bits per heavy atom. The molecule has 1 aliphatic rings. The van der Waals surface area contributed by atoms with Gasteiger partial charge < -0.3 is 10.6 Å². The summed E-state index contributed by atoms with van der Waals surface area (Å²) in [6.07, 6.45) is 6.40. The van der Waals surface area contributed by atoms with E-state index in [2.05, 4.69) is 42.3 Å². The highest BCUT2D eigenvalue weighted by Gasteiger charge is 2.19. The molecule has 0 bridgehead atoms. The second-order valence-corrected chi connectivity index (χ2v) is 6.23. The van der Waals surface area contributed by atoms with Gasteiger partial charge in [0, 0.05) is 19.0 Å². The molecular weight excluding hydrogens is 258 g/mol. The van der Waals surface area contributed by atoms with E-state index in [4.69, 9.17) is 10.7 Å². The van der Waals surface area contributed by atoms with Crippen LogP contribution in [0.4, 0.5) is 5.82 Å². The Bertz CT molecular complexity index is 602. The minimum atomic E-state index is 0.671. The van der Waals surface area contributed by atoms with Crippen molar-refractivity contribution in [1.29, 1.82) is 0 Å². The lowest BCUT2D eigenvalue weighted by atomic mass is 10.1. The number of nitrogens with two attached hydrogens (primary N) is 1. The van der Waals surface area contributed by atoms with Gasteiger partial charge in [0.25, 0.3) is 0 Å². The van der Waals surface area contributed by atoms with Crippen molar-refractivity contribution in [2.45, 2.75) is 32.1 Å². The van der Waals surface area contributed by atoms with Crippen molar-refractivity contribution in [3.8, 4) is 0 Å². The number of nitrogens with zero attached hydrogens (tertiary/aromatic N) is 2. The van der Waals surface area contributed by atoms with Crippen LogP contribution in [0, 0.1) is 5.92 Å². The van der Waals surface area contributed by atoms with E-state index in [0.29, 0.717) is 6.54 Å². The fourth-order valence-electron chi connectivity index (χ4n) is 3.49. The number of rotatable bonds is 5. The van der Waals surface area contributed by atoms with E-state index in [9.17, 15) is 0 Å². The molecule has 1 fully saturated rings. The van der Waals surface area contributed by atoms with Crippen LogP contribution in [-0.4, -0.2) is 25.1 Å². The number of anilines is 1. The summed E-state index contributed by atoms with van der Waals surface area (Å²) in [5, 5.41) is 1.21. The van der Waals surface area contributed by atoms with Gasteiger partial charge in [-0.2, -0.15) is 0 Å². The van der Waals surface area contributed by atoms with E-state index in [1.165, 1.54) is 36.6 Å². The van der Waals surface area contributed by atoms with Gasteiger partial charge in [-0.15, -0.1) is 0 Å². The first-order chi connectivity index (χ1) is 10.3. The Hall–Kier alpha value is -1.61. The van der Waals surface area contributed by atoms with E-state index >= 15 is 0 Å². The first-order valence-electron chi connectivity index (χ1n) is 8.08. The fraction of sp³-hybridized carbons (Fsp3) is 0.500. The van der Waals surface area contributed by atoms with Crippen molar-refractivity contribution in [3.05, 3.63) is 35.9 Å². The van der Waals surface area contributed by atoms with Gasteiger partial charge >= 0.3 is 0 Å². The van der Waals surface area contributed by atoms with Crippen molar-refractivity contribution < 1.29 is 0 Å². The fourth-order valence-corrected chi connectivity index (χ4v) is 3.49. The van der Waals surface area contributed by atoms with Gasteiger partial charge in [0.2, 0.25) is 0 Å². The van der Waals surface area contributed by atoms with Gasteiger partial charge in [-0.25, -0.2) is 4.98 Å². The Labute approximate surface area is 127 Å². The molecule has 0 unspecified atom stereocenters. The highest BCUT2D eigenvalue weighted by Crippen LogP contribution is 2.28. The molecule has 0 saturated heterocycles. The molecule has 3 heteroatoms. The maximum absolute atomic E-state index is 5.79. The maximum Gasteiger partial charge on any atom is 0.132 e. The molecule has 2 aromatic rings. The Balaban J connectivity index is 1.91. The van der Waals surface area contributed by atoms with Gasteiger partial charge in [0.05, 0.1) is 5.52 Å². The van der Waals surface area contributed by atoms with E-state index in [-0.39, 0.29) is 0 Å². The molecule has 3 rings (SSSR count). The zero-order valence-electron chi connectivity index (χ0n) is 12.9. The van der Waals surface area contributed by atoms with Crippen LogP contribution in [0.2, 0.25) is 0 Å². The molecule has 1 saturated carbocycles. The van der Waals surface area contributed by atoms with Gasteiger partial charge in [-0.05, 0) is 49.4 Å². The molecule has 3 nitrogen and oxygen atoms in total. The second kappa shape index (κ2) is 6.44. The molecule has 0 amide bonds. The average molecular weight is 283 g/mol. The predicted molar refractivity (Wildman–Crippen MR) is 89.7 cm³/mol. The van der Waals surface area contributed by atoms with Gasteiger partial charge in [0.1, 0.15) is 5.82 Å². The number of fused-ring (bicyclic) bond motifs is 1. The number of pyridine rings is 1. The van der Waals surface area contributed by atoms with Crippen LogP contribution < -0.4 is 10.6 Å². The molecule has 1 aromatic heterocycles. The maximum atomic E-state index is 5.79. The molecule has 1 aromatic carbocycles. The molecule has 21 heavy (non-hydrogen) atoms. The van der Waals surface area contributed by atoms with Crippen molar-refractivity contribution >= 4 is 16.7 Å². The van der Waals surface area contributed by atoms with Crippen LogP contribution in [0.3, 0.4) is 0 Å². The zero-order chi connectivity index (χ0) is 14.7. The molecule has 2 N–H and O–H groups in total. The van der Waals surface area contributed by atoms with Crippen molar-refractivity contribution in [3.63, 3.8) is 0 Å². The van der Waals surface area contributed by atoms with Gasteiger partial charge in [-0.3, -0.25) is 0 Å². The predicted octanol–water partition coefficient (Wildman–Crippen LogP) is 3.36. The van der Waals surface area contributed by atoms with Crippen LogP contribution in [0.1, 0.15) is 31.2 Å². The van der Waals surface area contributed by atoms with E-state index in [1.54, 1.807) is 0 Å². The van der Waals surface area contributed by atoms with Crippen molar-refractivity contribution in [1.82, 2.24) is 4.98 Å². The lowest BCUT2D eigenvalue weighted by Crippen LogP contribution is -2.26. The third-order valence-corrected chi connectivity index (χ3v) is 4.56. The molecule has 1 aliphatic carbocycles. The van der Waals surface area contributed by atoms with Crippen LogP contribution >= 0.6 is 0 Å². The second-order valence-electron chi connectivity index (χ2n) is 6.23. The summed E-state index contributed by atoms with van der Waals surface area (Å²) in [6.45, 7) is 1.78. The first-order valence-corrected chi connectivity index (χ1v) is 8.08. The molecule has 0 aliphatic heterocycles. The smallest absolute Gasteiger partial charge is 0.132 e. The minimum Gasteiger partial charge on any atom is -0.359 e. The van der Waals surface area contributed by atoms with E-state index in [1.807, 2.05) is 0 Å². The normalized spacial score (nSPS) is 15.7. The molecule has 1 heterocycles. The van der Waals surface area contributed by atoms with Gasteiger partial charge in [0.15, 0.2) is 0 Å². The topological polar surface area (TPSA) is 42.2 Å². The number of aromatic nitrogens is 1. The van der Waals surface area contributed by atoms with E-state index in [0.717, 1.165) is 30.2 Å². The SMILES string of the molecule is CN(CC1CCCC1)c1nc2ccccc2cc1CCN.